The number of H-pyrrole nitrogens is 1. The largest absolute Gasteiger partial charge is 0.384 e. The van der Waals surface area contributed by atoms with E-state index in [4.69, 9.17) is 14.8 Å². The molecule has 0 fully saturated rings. The van der Waals surface area contributed by atoms with Crippen molar-refractivity contribution < 1.29 is 4.74 Å². The first-order chi connectivity index (χ1) is 13.2. The van der Waals surface area contributed by atoms with Crippen molar-refractivity contribution in [1.82, 2.24) is 25.0 Å². The minimum atomic E-state index is -0.188. The zero-order chi connectivity index (χ0) is 18.6. The second kappa shape index (κ2) is 7.84. The predicted molar refractivity (Wildman–Crippen MR) is 101 cm³/mol. The van der Waals surface area contributed by atoms with Crippen LogP contribution in [0.3, 0.4) is 0 Å². The highest BCUT2D eigenvalue weighted by atomic mass is 16.5. The van der Waals surface area contributed by atoms with Gasteiger partial charge in [-0.05, 0) is 36.5 Å². The van der Waals surface area contributed by atoms with Crippen molar-refractivity contribution in [2.75, 3.05) is 13.7 Å². The number of aromatic nitrogens is 5. The summed E-state index contributed by atoms with van der Waals surface area (Å²) in [6.45, 7) is 0.607. The monoisotopic (exact) mass is 365 g/mol. The second-order valence-corrected chi connectivity index (χ2v) is 6.87. The first-order valence-corrected chi connectivity index (χ1v) is 9.27. The van der Waals surface area contributed by atoms with Crippen LogP contribution in [0.25, 0.3) is 0 Å². The molecule has 0 radical (unpaired) electrons. The van der Waals surface area contributed by atoms with Gasteiger partial charge >= 0.3 is 0 Å². The molecule has 0 atom stereocenters. The Kier molecular flexibility index (Phi) is 5.11. The van der Waals surface area contributed by atoms with Crippen LogP contribution in [0.15, 0.2) is 41.2 Å². The molecule has 3 aromatic rings. The van der Waals surface area contributed by atoms with Gasteiger partial charge in [-0.25, -0.2) is 14.8 Å². The lowest BCUT2D eigenvalue weighted by atomic mass is 10.1. The highest BCUT2D eigenvalue weighted by Gasteiger charge is 2.26. The maximum atomic E-state index is 11.2. The molecule has 1 N–H and O–H groups in total. The number of benzene rings is 1. The zero-order valence-electron chi connectivity index (χ0n) is 15.4. The fourth-order valence-electron chi connectivity index (χ4n) is 3.63. The molecule has 140 valence electrons. The van der Waals surface area contributed by atoms with E-state index in [1.807, 2.05) is 0 Å². The van der Waals surface area contributed by atoms with Crippen molar-refractivity contribution in [3.05, 3.63) is 75.2 Å². The normalized spacial score (nSPS) is 13.8. The first-order valence-electron chi connectivity index (χ1n) is 9.27. The number of aromatic amines is 1. The summed E-state index contributed by atoms with van der Waals surface area (Å²) < 4.78 is 7.27. The topological polar surface area (TPSA) is 85.7 Å². The Labute approximate surface area is 157 Å². The highest BCUT2D eigenvalue weighted by molar-refractivity contribution is 5.33. The number of aryl methyl sites for hydroxylation is 2. The van der Waals surface area contributed by atoms with E-state index in [-0.39, 0.29) is 5.56 Å². The number of rotatable bonds is 7. The van der Waals surface area contributed by atoms with Crippen LogP contribution >= 0.6 is 0 Å². The molecule has 2 aromatic heterocycles. The lowest BCUT2D eigenvalue weighted by Crippen LogP contribution is -2.16. The van der Waals surface area contributed by atoms with E-state index in [2.05, 4.69) is 39.1 Å². The van der Waals surface area contributed by atoms with Gasteiger partial charge in [0.15, 0.2) is 5.82 Å². The lowest BCUT2D eigenvalue weighted by Gasteiger charge is -2.12. The van der Waals surface area contributed by atoms with Crippen LogP contribution in [-0.4, -0.2) is 38.7 Å². The number of nitrogens with zero attached hydrogens (tertiary/aromatic N) is 4. The molecule has 2 heterocycles. The SMILES string of the molecule is COCCc1nc(CCc2ccc(=O)[nH]n2)n(C2Cc3ccccc3C2)n1. The Morgan fingerprint density at radius 1 is 1.11 bits per heavy atom. The van der Waals surface area contributed by atoms with Crippen LogP contribution in [0, 0.1) is 0 Å². The van der Waals surface area contributed by atoms with Gasteiger partial charge in [-0.2, -0.15) is 10.2 Å². The van der Waals surface area contributed by atoms with Crippen LogP contribution in [0.1, 0.15) is 34.5 Å². The van der Waals surface area contributed by atoms with Gasteiger partial charge in [0.25, 0.3) is 5.56 Å². The number of hydrogen-bond acceptors (Lipinski definition) is 5. The minimum Gasteiger partial charge on any atom is -0.384 e. The van der Waals surface area contributed by atoms with Crippen LogP contribution in [0.5, 0.6) is 0 Å². The smallest absolute Gasteiger partial charge is 0.264 e. The summed E-state index contributed by atoms with van der Waals surface area (Å²) in [5.74, 6) is 1.78. The summed E-state index contributed by atoms with van der Waals surface area (Å²) in [6.07, 6.45) is 4.10. The van der Waals surface area contributed by atoms with Crippen LogP contribution in [0.4, 0.5) is 0 Å². The van der Waals surface area contributed by atoms with Crippen LogP contribution in [0.2, 0.25) is 0 Å². The quantitative estimate of drug-likeness (QED) is 0.688. The second-order valence-electron chi connectivity index (χ2n) is 6.87. The van der Waals surface area contributed by atoms with Crippen molar-refractivity contribution in [3.8, 4) is 0 Å². The third-order valence-corrected chi connectivity index (χ3v) is 4.99. The number of fused-ring (bicyclic) bond motifs is 1. The number of hydrogen-bond donors (Lipinski definition) is 1. The standard InChI is InChI=1S/C20H23N5O2/c1-27-11-10-18-21-19(8-6-16-7-9-20(26)23-22-16)25(24-18)17-12-14-4-2-3-5-15(14)13-17/h2-5,7,9,17H,6,8,10-13H2,1H3,(H,23,26). The summed E-state index contributed by atoms with van der Waals surface area (Å²) in [6, 6.07) is 12.1. The van der Waals surface area contributed by atoms with E-state index in [1.165, 1.54) is 17.2 Å². The molecule has 0 unspecified atom stereocenters. The maximum absolute atomic E-state index is 11.2. The Balaban J connectivity index is 1.55. The number of methoxy groups -OCH3 is 1. The highest BCUT2D eigenvalue weighted by Crippen LogP contribution is 2.30. The van der Waals surface area contributed by atoms with E-state index in [0.29, 0.717) is 25.5 Å². The molecule has 7 heteroatoms. The van der Waals surface area contributed by atoms with Crippen molar-refractivity contribution in [2.45, 2.75) is 38.1 Å². The molecule has 0 aliphatic heterocycles. The molecule has 7 nitrogen and oxygen atoms in total. The van der Waals surface area contributed by atoms with E-state index in [1.54, 1.807) is 13.2 Å². The van der Waals surface area contributed by atoms with Crippen LogP contribution < -0.4 is 5.56 Å². The van der Waals surface area contributed by atoms with Gasteiger partial charge in [0, 0.05) is 26.0 Å². The third kappa shape index (κ3) is 3.98. The Hall–Kier alpha value is -2.80. The molecular weight excluding hydrogens is 342 g/mol. The van der Waals surface area contributed by atoms with Gasteiger partial charge in [0.05, 0.1) is 18.3 Å². The lowest BCUT2D eigenvalue weighted by molar-refractivity contribution is 0.200. The molecule has 0 amide bonds. The molecule has 0 spiro atoms. The molecule has 0 saturated carbocycles. The molecule has 0 saturated heterocycles. The summed E-state index contributed by atoms with van der Waals surface area (Å²) in [5.41, 5.74) is 3.44. The Morgan fingerprint density at radius 2 is 1.89 bits per heavy atom. The third-order valence-electron chi connectivity index (χ3n) is 4.99. The molecule has 27 heavy (non-hydrogen) atoms. The molecule has 4 rings (SSSR count). The zero-order valence-corrected chi connectivity index (χ0v) is 15.4. The van der Waals surface area contributed by atoms with E-state index in [9.17, 15) is 4.79 Å². The van der Waals surface area contributed by atoms with Gasteiger partial charge in [-0.15, -0.1) is 0 Å². The molecule has 0 bridgehead atoms. The van der Waals surface area contributed by atoms with Gasteiger partial charge < -0.3 is 4.74 Å². The van der Waals surface area contributed by atoms with Gasteiger partial charge in [-0.1, -0.05) is 24.3 Å². The Morgan fingerprint density at radius 3 is 2.56 bits per heavy atom. The van der Waals surface area contributed by atoms with Crippen molar-refractivity contribution in [3.63, 3.8) is 0 Å². The number of nitrogens with one attached hydrogen (secondary N) is 1. The average Bonchev–Trinajstić information content (AvgIpc) is 3.29. The van der Waals surface area contributed by atoms with Crippen molar-refractivity contribution in [2.24, 2.45) is 0 Å². The molecule has 1 aromatic carbocycles. The Bertz CT molecular complexity index is 933. The van der Waals surface area contributed by atoms with Crippen molar-refractivity contribution >= 4 is 0 Å². The van der Waals surface area contributed by atoms with E-state index < -0.39 is 0 Å². The minimum absolute atomic E-state index is 0.188. The summed E-state index contributed by atoms with van der Waals surface area (Å²) in [4.78, 5) is 15.9. The first kappa shape index (κ1) is 17.6. The fourth-order valence-corrected chi connectivity index (χ4v) is 3.63. The molecule has 1 aliphatic rings. The van der Waals surface area contributed by atoms with Gasteiger partial charge in [0.2, 0.25) is 0 Å². The maximum Gasteiger partial charge on any atom is 0.264 e. The van der Waals surface area contributed by atoms with Crippen LogP contribution in [-0.2, 0) is 36.8 Å². The summed E-state index contributed by atoms with van der Waals surface area (Å²) in [5, 5.41) is 11.4. The molecular formula is C20H23N5O2. The molecule has 1 aliphatic carbocycles. The summed E-state index contributed by atoms with van der Waals surface area (Å²) in [7, 11) is 1.69. The predicted octanol–water partition coefficient (Wildman–Crippen LogP) is 1.68. The van der Waals surface area contributed by atoms with Gasteiger partial charge in [0.1, 0.15) is 5.82 Å². The fraction of sp³-hybridized carbons (Fsp3) is 0.400. The van der Waals surface area contributed by atoms with Gasteiger partial charge in [-0.3, -0.25) is 4.79 Å². The number of ether oxygens (including phenoxy) is 1. The van der Waals surface area contributed by atoms with Crippen molar-refractivity contribution in [1.29, 1.82) is 0 Å². The summed E-state index contributed by atoms with van der Waals surface area (Å²) >= 11 is 0. The average molecular weight is 365 g/mol. The van der Waals surface area contributed by atoms with E-state index >= 15 is 0 Å². The van der Waals surface area contributed by atoms with E-state index in [0.717, 1.165) is 36.6 Å².